The highest BCUT2D eigenvalue weighted by Crippen LogP contribution is 2.27. The number of carbonyl (C=O) groups excluding carboxylic acids is 2. The van der Waals surface area contributed by atoms with E-state index in [9.17, 15) is 14.8 Å². The van der Waals surface area contributed by atoms with Crippen molar-refractivity contribution in [1.82, 2.24) is 25.4 Å². The number of morpholine rings is 1. The van der Waals surface area contributed by atoms with Gasteiger partial charge in [0.25, 0.3) is 5.91 Å². The fourth-order valence-corrected chi connectivity index (χ4v) is 4.04. The van der Waals surface area contributed by atoms with Gasteiger partial charge in [-0.05, 0) is 25.3 Å². The second-order valence-electron chi connectivity index (χ2n) is 7.55. The molecule has 1 aromatic heterocycles. The molecule has 29 heavy (non-hydrogen) atoms. The van der Waals surface area contributed by atoms with Crippen LogP contribution in [0.3, 0.4) is 0 Å². The Kier molecular flexibility index (Phi) is 7.73. The number of hydrazine groups is 1. The molecule has 0 spiro atoms. The minimum atomic E-state index is -1.08. The molecule has 0 saturated carbocycles. The molecular formula is C19H30N6O4. The number of fused-ring (bicyclic) bond motifs is 2. The van der Waals surface area contributed by atoms with Gasteiger partial charge in [-0.25, -0.2) is 15.0 Å². The van der Waals surface area contributed by atoms with E-state index < -0.39 is 5.54 Å². The maximum atomic E-state index is 13.4. The lowest BCUT2D eigenvalue weighted by atomic mass is 9.88. The Morgan fingerprint density at radius 2 is 1.97 bits per heavy atom. The molecular weight excluding hydrogens is 376 g/mol. The largest absolute Gasteiger partial charge is 0.379 e. The Hall–Kier alpha value is -2.30. The fourth-order valence-electron chi connectivity index (χ4n) is 4.04. The Morgan fingerprint density at radius 3 is 2.76 bits per heavy atom. The van der Waals surface area contributed by atoms with E-state index in [1.165, 1.54) is 0 Å². The van der Waals surface area contributed by atoms with Crippen molar-refractivity contribution in [1.29, 1.82) is 0 Å². The highest BCUT2D eigenvalue weighted by Gasteiger charge is 2.45. The van der Waals surface area contributed by atoms with Gasteiger partial charge in [0.05, 0.1) is 19.8 Å². The van der Waals surface area contributed by atoms with Crippen LogP contribution in [0.5, 0.6) is 0 Å². The summed E-state index contributed by atoms with van der Waals surface area (Å²) in [4.78, 5) is 35.2. The highest BCUT2D eigenvalue weighted by atomic mass is 16.5. The molecule has 160 valence electrons. The Balaban J connectivity index is 1.87. The summed E-state index contributed by atoms with van der Waals surface area (Å²) < 4.78 is 5.44. The van der Waals surface area contributed by atoms with Gasteiger partial charge in [-0.2, -0.15) is 0 Å². The van der Waals surface area contributed by atoms with E-state index in [0.717, 1.165) is 44.2 Å². The van der Waals surface area contributed by atoms with Crippen molar-refractivity contribution in [2.45, 2.75) is 50.5 Å². The van der Waals surface area contributed by atoms with Crippen LogP contribution >= 0.6 is 0 Å². The van der Waals surface area contributed by atoms with Gasteiger partial charge in [0.2, 0.25) is 12.4 Å². The molecule has 10 heteroatoms. The first-order valence-electron chi connectivity index (χ1n) is 10.3. The number of hydrogen-bond acceptors (Lipinski definition) is 8. The summed E-state index contributed by atoms with van der Waals surface area (Å²) in [5.74, 6) is -0.00797. The number of aryl methyl sites for hydroxylation is 1. The lowest BCUT2D eigenvalue weighted by Gasteiger charge is -2.45. The molecule has 3 N–H and O–H groups in total. The Morgan fingerprint density at radius 1 is 1.21 bits per heavy atom. The SMILES string of the molecule is O=CN(O)C[C@]1(N2CCOCC2)CCCCCCCc2ccnc(n2)NNC1=O. The fraction of sp³-hybridized carbons (Fsp3) is 0.684. The van der Waals surface area contributed by atoms with Crippen molar-refractivity contribution in [3.63, 3.8) is 0 Å². The smallest absolute Gasteiger partial charge is 0.260 e. The average molecular weight is 406 g/mol. The van der Waals surface area contributed by atoms with Crippen LogP contribution in [0, 0.1) is 0 Å². The normalized spacial score (nSPS) is 24.7. The molecule has 0 aromatic carbocycles. The molecule has 10 nitrogen and oxygen atoms in total. The second-order valence-corrected chi connectivity index (χ2v) is 7.55. The number of anilines is 1. The summed E-state index contributed by atoms with van der Waals surface area (Å²) in [6.07, 6.45) is 8.40. The van der Waals surface area contributed by atoms with E-state index in [-0.39, 0.29) is 12.5 Å². The van der Waals surface area contributed by atoms with Gasteiger partial charge in [-0.3, -0.25) is 30.5 Å². The van der Waals surface area contributed by atoms with E-state index in [0.29, 0.717) is 50.1 Å². The zero-order valence-corrected chi connectivity index (χ0v) is 16.7. The Bertz CT molecular complexity index is 684. The maximum Gasteiger partial charge on any atom is 0.260 e. The number of rotatable bonds is 4. The van der Waals surface area contributed by atoms with Crippen molar-refractivity contribution in [2.75, 3.05) is 38.3 Å². The number of nitrogens with zero attached hydrogens (tertiary/aromatic N) is 4. The summed E-state index contributed by atoms with van der Waals surface area (Å²) in [7, 11) is 0. The first-order chi connectivity index (χ1) is 14.1. The minimum Gasteiger partial charge on any atom is -0.379 e. The van der Waals surface area contributed by atoms with Crippen molar-refractivity contribution in [3.05, 3.63) is 18.0 Å². The summed E-state index contributed by atoms with van der Waals surface area (Å²) in [6.45, 7) is 1.98. The molecule has 0 radical (unpaired) electrons. The third-order valence-corrected chi connectivity index (χ3v) is 5.61. The number of hydrogen-bond donors (Lipinski definition) is 3. The van der Waals surface area contributed by atoms with E-state index in [4.69, 9.17) is 4.74 Å². The van der Waals surface area contributed by atoms with Gasteiger partial charge in [0.15, 0.2) is 0 Å². The number of hydroxylamine groups is 2. The summed E-state index contributed by atoms with van der Waals surface area (Å²) in [6, 6.07) is 1.88. The van der Waals surface area contributed by atoms with Crippen molar-refractivity contribution in [3.8, 4) is 0 Å². The lowest BCUT2D eigenvalue weighted by Crippen LogP contribution is -2.66. The van der Waals surface area contributed by atoms with E-state index >= 15 is 0 Å². The predicted molar refractivity (Wildman–Crippen MR) is 105 cm³/mol. The molecule has 0 unspecified atom stereocenters. The first kappa shape index (κ1) is 21.4. The number of carbonyl (C=O) groups is 2. The maximum absolute atomic E-state index is 13.4. The van der Waals surface area contributed by atoms with Gasteiger partial charge < -0.3 is 4.74 Å². The van der Waals surface area contributed by atoms with Crippen LogP contribution in [-0.4, -0.2) is 75.8 Å². The third-order valence-electron chi connectivity index (χ3n) is 5.61. The molecule has 1 aromatic rings. The molecule has 3 rings (SSSR count). The van der Waals surface area contributed by atoms with Crippen LogP contribution in [0.25, 0.3) is 0 Å². The van der Waals surface area contributed by atoms with E-state index in [2.05, 4.69) is 20.8 Å². The lowest BCUT2D eigenvalue weighted by molar-refractivity contribution is -0.167. The Labute approximate surface area is 170 Å². The molecule has 1 fully saturated rings. The zero-order chi connectivity index (χ0) is 20.5. The second kappa shape index (κ2) is 10.5. The molecule has 2 amide bonds. The quantitative estimate of drug-likeness (QED) is 0.380. The van der Waals surface area contributed by atoms with Gasteiger partial charge in [-0.1, -0.05) is 25.7 Å². The molecule has 2 aliphatic rings. The molecule has 2 aliphatic heterocycles. The number of amides is 2. The molecule has 2 bridgehead atoms. The number of aromatic nitrogens is 2. The third kappa shape index (κ3) is 5.62. The molecule has 3 heterocycles. The first-order valence-corrected chi connectivity index (χ1v) is 10.3. The minimum absolute atomic E-state index is 0.120. The van der Waals surface area contributed by atoms with Crippen LogP contribution in [-0.2, 0) is 20.7 Å². The molecule has 1 atom stereocenters. The monoisotopic (exact) mass is 406 g/mol. The summed E-state index contributed by atoms with van der Waals surface area (Å²) >= 11 is 0. The molecule has 0 aliphatic carbocycles. The van der Waals surface area contributed by atoms with Crippen LogP contribution in [0.1, 0.15) is 44.2 Å². The summed E-state index contributed by atoms with van der Waals surface area (Å²) in [5.41, 5.74) is 5.37. The van der Waals surface area contributed by atoms with Crippen molar-refractivity contribution >= 4 is 18.3 Å². The predicted octanol–water partition coefficient (Wildman–Crippen LogP) is 0.735. The van der Waals surface area contributed by atoms with Crippen molar-refractivity contribution in [2.24, 2.45) is 0 Å². The average Bonchev–Trinajstić information content (AvgIpc) is 2.76. The van der Waals surface area contributed by atoms with Gasteiger partial charge in [-0.15, -0.1) is 0 Å². The van der Waals surface area contributed by atoms with E-state index in [1.807, 2.05) is 11.0 Å². The van der Waals surface area contributed by atoms with Crippen LogP contribution in [0.4, 0.5) is 5.95 Å². The molecule has 1 saturated heterocycles. The highest BCUT2D eigenvalue weighted by molar-refractivity contribution is 5.87. The van der Waals surface area contributed by atoms with Gasteiger partial charge in [0, 0.05) is 25.0 Å². The summed E-state index contributed by atoms with van der Waals surface area (Å²) in [5, 5.41) is 10.5. The van der Waals surface area contributed by atoms with Gasteiger partial charge in [0.1, 0.15) is 5.54 Å². The van der Waals surface area contributed by atoms with Crippen LogP contribution in [0.15, 0.2) is 12.3 Å². The van der Waals surface area contributed by atoms with Crippen LogP contribution < -0.4 is 10.9 Å². The topological polar surface area (TPSA) is 120 Å². The zero-order valence-electron chi connectivity index (χ0n) is 16.7. The van der Waals surface area contributed by atoms with Gasteiger partial charge >= 0.3 is 0 Å². The van der Waals surface area contributed by atoms with Crippen molar-refractivity contribution < 1.29 is 19.5 Å². The standard InChI is InChI=1S/C19H30N6O4/c26-15-25(28)14-19(24-10-12-29-13-11-24)8-5-3-1-2-4-6-16-7-9-20-18(21-16)23-22-17(19)27/h7,9,15,28H,1-6,8,10-14H2,(H,22,27)(H,20,21,23)/t19-/m1/s1. The number of nitrogens with one attached hydrogen (secondary N) is 2. The number of ether oxygens (including phenoxy) is 1. The van der Waals surface area contributed by atoms with E-state index in [1.54, 1.807) is 6.20 Å². The van der Waals surface area contributed by atoms with Crippen LogP contribution in [0.2, 0.25) is 0 Å².